The molecule has 0 aromatic rings. The summed E-state index contributed by atoms with van der Waals surface area (Å²) in [5.74, 6) is 0.593. The third kappa shape index (κ3) is 2.80. The first-order valence-electron chi connectivity index (χ1n) is 6.77. The van der Waals surface area contributed by atoms with E-state index in [1.165, 1.54) is 6.42 Å². The fraction of sp³-hybridized carbons (Fsp3) is 0.923. The summed E-state index contributed by atoms with van der Waals surface area (Å²) >= 11 is 0. The Morgan fingerprint density at radius 3 is 2.82 bits per heavy atom. The predicted molar refractivity (Wildman–Crippen MR) is 66.4 cm³/mol. The molecule has 2 aliphatic rings. The second-order valence-corrected chi connectivity index (χ2v) is 5.90. The molecule has 2 fully saturated rings. The van der Waals surface area contributed by atoms with E-state index in [1.807, 2.05) is 0 Å². The second-order valence-electron chi connectivity index (χ2n) is 5.90. The lowest BCUT2D eigenvalue weighted by Crippen LogP contribution is -2.59. The molecular weight excluding hydrogens is 216 g/mol. The van der Waals surface area contributed by atoms with Crippen LogP contribution in [0.5, 0.6) is 0 Å². The van der Waals surface area contributed by atoms with Crippen LogP contribution in [0, 0.1) is 5.92 Å². The Morgan fingerprint density at radius 2 is 2.18 bits per heavy atom. The summed E-state index contributed by atoms with van der Waals surface area (Å²) in [5.41, 5.74) is 5.62. The van der Waals surface area contributed by atoms with Gasteiger partial charge < -0.3 is 15.7 Å². The highest BCUT2D eigenvalue weighted by atomic mass is 16.3. The monoisotopic (exact) mass is 240 g/mol. The molecule has 0 bridgehead atoms. The van der Waals surface area contributed by atoms with Crippen molar-refractivity contribution >= 4 is 5.91 Å². The molecule has 3 atom stereocenters. The number of β-amino-alcohol motifs (C(OH)–C–C–N with tert-alkyl or cyclic N) is 1. The van der Waals surface area contributed by atoms with E-state index in [-0.39, 0.29) is 12.0 Å². The van der Waals surface area contributed by atoms with Gasteiger partial charge in [0.1, 0.15) is 0 Å². The lowest BCUT2D eigenvalue weighted by atomic mass is 9.76. The van der Waals surface area contributed by atoms with Crippen LogP contribution in [0.4, 0.5) is 0 Å². The van der Waals surface area contributed by atoms with Gasteiger partial charge in [0.2, 0.25) is 5.91 Å². The molecule has 1 amide bonds. The van der Waals surface area contributed by atoms with Crippen LogP contribution in [-0.2, 0) is 4.79 Å². The number of hydrogen-bond acceptors (Lipinski definition) is 3. The van der Waals surface area contributed by atoms with Crippen molar-refractivity contribution in [2.75, 3.05) is 13.1 Å². The average Bonchev–Trinajstić information content (AvgIpc) is 2.27. The van der Waals surface area contributed by atoms with Crippen LogP contribution >= 0.6 is 0 Å². The zero-order valence-electron chi connectivity index (χ0n) is 10.7. The highest BCUT2D eigenvalue weighted by Crippen LogP contribution is 2.32. The summed E-state index contributed by atoms with van der Waals surface area (Å²) in [7, 11) is 0. The van der Waals surface area contributed by atoms with E-state index < -0.39 is 5.54 Å². The van der Waals surface area contributed by atoms with E-state index in [4.69, 9.17) is 5.73 Å². The molecule has 2 rings (SSSR count). The largest absolute Gasteiger partial charge is 0.391 e. The fourth-order valence-corrected chi connectivity index (χ4v) is 3.24. The van der Waals surface area contributed by atoms with E-state index in [9.17, 15) is 9.90 Å². The Morgan fingerprint density at radius 1 is 1.41 bits per heavy atom. The van der Waals surface area contributed by atoms with Crippen LogP contribution in [0.1, 0.15) is 45.4 Å². The minimum absolute atomic E-state index is 0.0581. The smallest absolute Gasteiger partial charge is 0.242 e. The van der Waals surface area contributed by atoms with Gasteiger partial charge in [0.25, 0.3) is 0 Å². The number of aliphatic hydroxyl groups is 1. The summed E-state index contributed by atoms with van der Waals surface area (Å²) in [5, 5.41) is 9.63. The molecular formula is C13H24N2O2. The molecule has 0 spiro atoms. The Labute approximate surface area is 103 Å². The topological polar surface area (TPSA) is 66.6 Å². The first-order valence-corrected chi connectivity index (χ1v) is 6.77. The maximum absolute atomic E-state index is 12.5. The summed E-state index contributed by atoms with van der Waals surface area (Å²) in [6, 6.07) is 0. The third-order valence-electron chi connectivity index (χ3n) is 4.14. The highest BCUT2D eigenvalue weighted by Gasteiger charge is 2.41. The van der Waals surface area contributed by atoms with Crippen molar-refractivity contribution in [3.05, 3.63) is 0 Å². The van der Waals surface area contributed by atoms with Gasteiger partial charge in [-0.3, -0.25) is 4.79 Å². The maximum atomic E-state index is 12.5. The van der Waals surface area contributed by atoms with Crippen LogP contribution in [0.15, 0.2) is 0 Å². The standard InChI is InChI=1S/C13H24N2O2/c1-10-4-2-6-13(14,8-10)12(17)15-7-3-5-11(16)9-15/h10-11,16H,2-9,14H2,1H3. The summed E-state index contributed by atoms with van der Waals surface area (Å²) in [6.45, 7) is 3.38. The minimum atomic E-state index is -0.672. The van der Waals surface area contributed by atoms with Crippen molar-refractivity contribution in [2.24, 2.45) is 11.7 Å². The van der Waals surface area contributed by atoms with Crippen LogP contribution in [0.3, 0.4) is 0 Å². The molecule has 0 radical (unpaired) electrons. The van der Waals surface area contributed by atoms with Crippen molar-refractivity contribution in [3.8, 4) is 0 Å². The molecule has 1 aliphatic heterocycles. The second kappa shape index (κ2) is 4.94. The van der Waals surface area contributed by atoms with E-state index in [0.29, 0.717) is 12.5 Å². The maximum Gasteiger partial charge on any atom is 0.242 e. The third-order valence-corrected chi connectivity index (χ3v) is 4.14. The first-order chi connectivity index (χ1) is 8.01. The fourth-order valence-electron chi connectivity index (χ4n) is 3.24. The van der Waals surface area contributed by atoms with E-state index >= 15 is 0 Å². The van der Waals surface area contributed by atoms with Gasteiger partial charge in [-0.2, -0.15) is 0 Å². The van der Waals surface area contributed by atoms with Gasteiger partial charge in [0.15, 0.2) is 0 Å². The normalized spacial score (nSPS) is 39.1. The van der Waals surface area contributed by atoms with Crippen molar-refractivity contribution < 1.29 is 9.90 Å². The van der Waals surface area contributed by atoms with E-state index in [0.717, 1.165) is 38.6 Å². The Balaban J connectivity index is 2.02. The molecule has 4 nitrogen and oxygen atoms in total. The zero-order chi connectivity index (χ0) is 12.5. The molecule has 3 N–H and O–H groups in total. The van der Waals surface area contributed by atoms with Gasteiger partial charge >= 0.3 is 0 Å². The summed E-state index contributed by atoms with van der Waals surface area (Å²) < 4.78 is 0. The van der Waals surface area contributed by atoms with Crippen LogP contribution in [0.25, 0.3) is 0 Å². The Bertz CT molecular complexity index is 295. The Hall–Kier alpha value is -0.610. The number of amides is 1. The molecule has 0 aromatic carbocycles. The van der Waals surface area contributed by atoms with Gasteiger partial charge in [0.05, 0.1) is 11.6 Å². The van der Waals surface area contributed by atoms with Crippen molar-refractivity contribution in [1.29, 1.82) is 0 Å². The van der Waals surface area contributed by atoms with Gasteiger partial charge in [-0.1, -0.05) is 19.8 Å². The highest BCUT2D eigenvalue weighted by molar-refractivity contribution is 5.86. The molecule has 4 heteroatoms. The first kappa shape index (κ1) is 12.8. The van der Waals surface area contributed by atoms with E-state index in [1.54, 1.807) is 4.90 Å². The molecule has 17 heavy (non-hydrogen) atoms. The van der Waals surface area contributed by atoms with Crippen molar-refractivity contribution in [1.82, 2.24) is 4.90 Å². The number of piperidine rings is 1. The molecule has 1 aliphatic carbocycles. The molecule has 1 saturated carbocycles. The van der Waals surface area contributed by atoms with Crippen LogP contribution in [-0.4, -0.2) is 40.6 Å². The number of hydrogen-bond donors (Lipinski definition) is 2. The minimum Gasteiger partial charge on any atom is -0.391 e. The number of aliphatic hydroxyl groups excluding tert-OH is 1. The number of likely N-dealkylation sites (tertiary alicyclic amines) is 1. The Kier molecular flexibility index (Phi) is 3.73. The zero-order valence-corrected chi connectivity index (χ0v) is 10.7. The lowest BCUT2D eigenvalue weighted by molar-refractivity contribution is -0.141. The predicted octanol–water partition coefficient (Wildman–Crippen LogP) is 0.877. The number of carbonyl (C=O) groups excluding carboxylic acids is 1. The van der Waals surface area contributed by atoms with E-state index in [2.05, 4.69) is 6.92 Å². The average molecular weight is 240 g/mol. The number of carbonyl (C=O) groups is 1. The van der Waals surface area contributed by atoms with Crippen LogP contribution in [0.2, 0.25) is 0 Å². The lowest BCUT2D eigenvalue weighted by Gasteiger charge is -2.41. The van der Waals surface area contributed by atoms with Gasteiger partial charge in [-0.05, 0) is 31.6 Å². The molecule has 1 heterocycles. The summed E-state index contributed by atoms with van der Waals surface area (Å²) in [4.78, 5) is 14.2. The quantitative estimate of drug-likeness (QED) is 0.715. The molecule has 0 aromatic heterocycles. The molecule has 1 saturated heterocycles. The van der Waals surface area contributed by atoms with Crippen LogP contribution < -0.4 is 5.73 Å². The number of nitrogens with two attached hydrogens (primary N) is 1. The summed E-state index contributed by atoms with van der Waals surface area (Å²) in [6.07, 6.45) is 5.13. The van der Waals surface area contributed by atoms with Gasteiger partial charge in [0, 0.05) is 13.1 Å². The number of nitrogens with zero attached hydrogens (tertiary/aromatic N) is 1. The number of rotatable bonds is 1. The van der Waals surface area contributed by atoms with Crippen molar-refractivity contribution in [2.45, 2.75) is 57.1 Å². The van der Waals surface area contributed by atoms with Crippen molar-refractivity contribution in [3.63, 3.8) is 0 Å². The van der Waals surface area contributed by atoms with Gasteiger partial charge in [-0.15, -0.1) is 0 Å². The molecule has 98 valence electrons. The SMILES string of the molecule is CC1CCCC(N)(C(=O)N2CCCC(O)C2)C1. The molecule has 3 unspecified atom stereocenters. The van der Waals surface area contributed by atoms with Gasteiger partial charge in [-0.25, -0.2) is 0 Å².